The third-order valence-electron chi connectivity index (χ3n) is 2.78. The smallest absolute Gasteiger partial charge is 0.0727 e. The second-order valence-electron chi connectivity index (χ2n) is 3.97. The molecule has 1 aromatic rings. The van der Waals surface area contributed by atoms with Crippen molar-refractivity contribution in [3.8, 4) is 0 Å². The molecule has 1 aliphatic rings. The van der Waals surface area contributed by atoms with E-state index < -0.39 is 0 Å². The number of nitrogens with zero attached hydrogens (tertiary/aromatic N) is 1. The van der Waals surface area contributed by atoms with Crippen molar-refractivity contribution in [3.05, 3.63) is 21.9 Å². The summed E-state index contributed by atoms with van der Waals surface area (Å²) in [5.74, 6) is 0. The van der Waals surface area contributed by atoms with Crippen LogP contribution in [-0.4, -0.2) is 23.0 Å². The van der Waals surface area contributed by atoms with Crippen LogP contribution in [0.4, 0.5) is 0 Å². The van der Waals surface area contributed by atoms with Gasteiger partial charge in [0.2, 0.25) is 0 Å². The molecule has 0 unspecified atom stereocenters. The molecular weight excluding hydrogens is 224 g/mol. The first kappa shape index (κ1) is 11.0. The number of hydrogen-bond donors (Lipinski definition) is 1. The summed E-state index contributed by atoms with van der Waals surface area (Å²) in [6.45, 7) is 3.41. The molecule has 0 saturated heterocycles. The van der Waals surface area contributed by atoms with Crippen LogP contribution >= 0.6 is 23.6 Å². The fourth-order valence-electron chi connectivity index (χ4n) is 1.97. The van der Waals surface area contributed by atoms with Crippen molar-refractivity contribution in [2.45, 2.75) is 25.8 Å². The van der Waals surface area contributed by atoms with Crippen molar-refractivity contribution in [2.75, 3.05) is 13.1 Å². The zero-order valence-corrected chi connectivity index (χ0v) is 10.4. The van der Waals surface area contributed by atoms with Gasteiger partial charge in [0.05, 0.1) is 4.99 Å². The van der Waals surface area contributed by atoms with Crippen LogP contribution in [0.5, 0.6) is 0 Å². The first-order valence-corrected chi connectivity index (χ1v) is 6.60. The normalized spacial score (nSPS) is 16.3. The quantitative estimate of drug-likeness (QED) is 0.818. The van der Waals surface area contributed by atoms with E-state index in [1.807, 2.05) is 11.3 Å². The predicted molar refractivity (Wildman–Crippen MR) is 69.3 cm³/mol. The molecule has 15 heavy (non-hydrogen) atoms. The highest BCUT2D eigenvalue weighted by Crippen LogP contribution is 2.23. The number of nitrogens with two attached hydrogens (primary N) is 1. The van der Waals surface area contributed by atoms with Gasteiger partial charge in [0.15, 0.2) is 0 Å². The van der Waals surface area contributed by atoms with E-state index in [0.717, 1.165) is 25.9 Å². The molecule has 2 N–H and O–H groups in total. The number of fused-ring (bicyclic) bond motifs is 1. The number of hydrogen-bond acceptors (Lipinski definition) is 3. The molecule has 0 fully saturated rings. The average Bonchev–Trinajstić information content (AvgIpc) is 2.64. The predicted octanol–water partition coefficient (Wildman–Crippen LogP) is 2.17. The maximum atomic E-state index is 5.48. The fourth-order valence-corrected chi connectivity index (χ4v) is 3.01. The van der Waals surface area contributed by atoms with Gasteiger partial charge in [-0.1, -0.05) is 12.2 Å². The molecule has 0 atom stereocenters. The Morgan fingerprint density at radius 2 is 2.47 bits per heavy atom. The van der Waals surface area contributed by atoms with E-state index in [1.165, 1.54) is 18.5 Å². The van der Waals surface area contributed by atoms with Crippen LogP contribution in [0, 0.1) is 0 Å². The summed E-state index contributed by atoms with van der Waals surface area (Å²) in [4.78, 5) is 4.71. The Kier molecular flexibility index (Phi) is 3.72. The van der Waals surface area contributed by atoms with Gasteiger partial charge in [-0.2, -0.15) is 0 Å². The fraction of sp³-hybridized carbons (Fsp3) is 0.545. The number of rotatable bonds is 4. The van der Waals surface area contributed by atoms with Crippen molar-refractivity contribution in [3.63, 3.8) is 0 Å². The lowest BCUT2D eigenvalue weighted by atomic mass is 10.1. The van der Waals surface area contributed by atoms with Crippen molar-refractivity contribution in [2.24, 2.45) is 5.73 Å². The average molecular weight is 240 g/mol. The van der Waals surface area contributed by atoms with Gasteiger partial charge in [0.1, 0.15) is 0 Å². The molecule has 0 aliphatic carbocycles. The Morgan fingerprint density at radius 3 is 3.27 bits per heavy atom. The zero-order chi connectivity index (χ0) is 10.7. The van der Waals surface area contributed by atoms with Crippen molar-refractivity contribution < 1.29 is 0 Å². The highest BCUT2D eigenvalue weighted by molar-refractivity contribution is 7.80. The molecule has 0 spiro atoms. The zero-order valence-electron chi connectivity index (χ0n) is 8.74. The van der Waals surface area contributed by atoms with Crippen LogP contribution in [-0.2, 0) is 13.0 Å². The summed E-state index contributed by atoms with van der Waals surface area (Å²) in [7, 11) is 0. The van der Waals surface area contributed by atoms with Gasteiger partial charge in [0, 0.05) is 18.0 Å². The van der Waals surface area contributed by atoms with Crippen LogP contribution in [0.15, 0.2) is 11.4 Å². The summed E-state index contributed by atoms with van der Waals surface area (Å²) in [6.07, 6.45) is 3.18. The molecule has 0 bridgehead atoms. The van der Waals surface area contributed by atoms with Crippen LogP contribution in [0.25, 0.3) is 0 Å². The molecule has 0 amide bonds. The second-order valence-corrected chi connectivity index (χ2v) is 5.49. The Balaban J connectivity index is 1.80. The lowest BCUT2D eigenvalue weighted by molar-refractivity contribution is 0.254. The third-order valence-corrected chi connectivity index (χ3v) is 4.01. The monoisotopic (exact) mass is 240 g/mol. The molecule has 2 nitrogen and oxygen atoms in total. The molecule has 1 aliphatic heterocycles. The first-order valence-electron chi connectivity index (χ1n) is 5.31. The molecule has 0 saturated carbocycles. The van der Waals surface area contributed by atoms with Gasteiger partial charge >= 0.3 is 0 Å². The Hall–Kier alpha value is -0.450. The van der Waals surface area contributed by atoms with Crippen molar-refractivity contribution >= 4 is 28.5 Å². The summed E-state index contributed by atoms with van der Waals surface area (Å²) in [6, 6.07) is 2.25. The Bertz CT molecular complexity index is 346. The van der Waals surface area contributed by atoms with Gasteiger partial charge in [-0.15, -0.1) is 11.3 Å². The molecule has 0 aromatic carbocycles. The standard InChI is InChI=1S/C11H16N2S2/c12-11(14)2-1-5-13-6-3-10-9(8-13)4-7-15-10/h4,7H,1-3,5-6,8H2,(H2,12,14). The third kappa shape index (κ3) is 3.00. The Morgan fingerprint density at radius 1 is 1.60 bits per heavy atom. The maximum absolute atomic E-state index is 5.48. The highest BCUT2D eigenvalue weighted by Gasteiger charge is 2.16. The van der Waals surface area contributed by atoms with Crippen LogP contribution in [0.2, 0.25) is 0 Å². The lowest BCUT2D eigenvalue weighted by Gasteiger charge is -2.26. The maximum Gasteiger partial charge on any atom is 0.0727 e. The minimum Gasteiger partial charge on any atom is -0.393 e. The minimum atomic E-state index is 0.642. The molecule has 1 aromatic heterocycles. The van der Waals surface area contributed by atoms with Gasteiger partial charge in [-0.3, -0.25) is 4.90 Å². The molecule has 4 heteroatoms. The molecule has 82 valence electrons. The van der Waals surface area contributed by atoms with Gasteiger partial charge in [-0.05, 0) is 42.8 Å². The van der Waals surface area contributed by atoms with Crippen molar-refractivity contribution in [1.82, 2.24) is 4.90 Å². The summed E-state index contributed by atoms with van der Waals surface area (Å²) >= 11 is 6.76. The van der Waals surface area contributed by atoms with Crippen LogP contribution in [0.1, 0.15) is 23.3 Å². The van der Waals surface area contributed by atoms with Crippen LogP contribution < -0.4 is 5.73 Å². The van der Waals surface area contributed by atoms with E-state index in [2.05, 4.69) is 16.3 Å². The first-order chi connectivity index (χ1) is 7.25. The minimum absolute atomic E-state index is 0.642. The van der Waals surface area contributed by atoms with Gasteiger partial charge in [0.25, 0.3) is 0 Å². The van der Waals surface area contributed by atoms with E-state index in [4.69, 9.17) is 18.0 Å². The molecule has 2 heterocycles. The Labute approximate surface area is 100 Å². The van der Waals surface area contributed by atoms with Crippen molar-refractivity contribution in [1.29, 1.82) is 0 Å². The number of thiophene rings is 1. The summed E-state index contributed by atoms with van der Waals surface area (Å²) in [5.41, 5.74) is 7.00. The topological polar surface area (TPSA) is 29.3 Å². The molecule has 2 rings (SSSR count). The van der Waals surface area contributed by atoms with Gasteiger partial charge < -0.3 is 5.73 Å². The molecule has 0 radical (unpaired) electrons. The van der Waals surface area contributed by atoms with E-state index in [0.29, 0.717) is 4.99 Å². The SMILES string of the molecule is NC(=S)CCCN1CCc2sccc2C1. The molecular formula is C11H16N2S2. The van der Waals surface area contributed by atoms with E-state index in [1.54, 1.807) is 4.88 Å². The summed E-state index contributed by atoms with van der Waals surface area (Å²) in [5, 5.41) is 2.20. The van der Waals surface area contributed by atoms with E-state index in [9.17, 15) is 0 Å². The van der Waals surface area contributed by atoms with Crippen LogP contribution in [0.3, 0.4) is 0 Å². The number of thiocarbonyl (C=S) groups is 1. The highest BCUT2D eigenvalue weighted by atomic mass is 32.1. The summed E-state index contributed by atoms with van der Waals surface area (Å²) < 4.78 is 0. The lowest BCUT2D eigenvalue weighted by Crippen LogP contribution is -2.30. The second kappa shape index (κ2) is 5.05. The van der Waals surface area contributed by atoms with E-state index in [-0.39, 0.29) is 0 Å². The largest absolute Gasteiger partial charge is 0.393 e. The van der Waals surface area contributed by atoms with Gasteiger partial charge in [-0.25, -0.2) is 0 Å². The van der Waals surface area contributed by atoms with E-state index >= 15 is 0 Å².